The Kier molecular flexibility index (Phi) is 7.10. The first-order chi connectivity index (χ1) is 12.0. The standard InChI is InChI=1S/C18H27F3N2O3S/c1-13(2)22(6)27(25,26)15-9-7-14(8-10-15)16(24)23(11-17(3,4)5)12-18(19,20)21/h7-10,13H,11-12H2,1-6H3. The van der Waals surface area contributed by atoms with Gasteiger partial charge in [0.15, 0.2) is 0 Å². The van der Waals surface area contributed by atoms with Crippen LogP contribution in [0.4, 0.5) is 13.2 Å². The highest BCUT2D eigenvalue weighted by Gasteiger charge is 2.35. The van der Waals surface area contributed by atoms with E-state index in [0.717, 1.165) is 4.90 Å². The maximum atomic E-state index is 12.9. The van der Waals surface area contributed by atoms with Crippen LogP contribution in [0.3, 0.4) is 0 Å². The molecule has 0 saturated carbocycles. The predicted molar refractivity (Wildman–Crippen MR) is 97.9 cm³/mol. The van der Waals surface area contributed by atoms with Gasteiger partial charge in [-0.1, -0.05) is 20.8 Å². The van der Waals surface area contributed by atoms with Gasteiger partial charge in [0.2, 0.25) is 10.0 Å². The number of hydrogen-bond donors (Lipinski definition) is 0. The summed E-state index contributed by atoms with van der Waals surface area (Å²) in [7, 11) is -2.29. The predicted octanol–water partition coefficient (Wildman–Crippen LogP) is 3.77. The van der Waals surface area contributed by atoms with Crippen molar-refractivity contribution in [2.75, 3.05) is 20.1 Å². The van der Waals surface area contributed by atoms with Crippen LogP contribution < -0.4 is 0 Å². The van der Waals surface area contributed by atoms with Gasteiger partial charge in [0.05, 0.1) is 4.90 Å². The van der Waals surface area contributed by atoms with E-state index in [1.165, 1.54) is 35.6 Å². The van der Waals surface area contributed by atoms with Gasteiger partial charge in [-0.15, -0.1) is 0 Å². The van der Waals surface area contributed by atoms with Gasteiger partial charge in [0, 0.05) is 25.2 Å². The molecule has 0 aliphatic heterocycles. The van der Waals surface area contributed by atoms with E-state index in [4.69, 9.17) is 0 Å². The summed E-state index contributed by atoms with van der Waals surface area (Å²) in [6, 6.07) is 4.71. The number of sulfonamides is 1. The van der Waals surface area contributed by atoms with Crippen LogP contribution in [0.1, 0.15) is 45.0 Å². The molecule has 0 heterocycles. The molecule has 0 aliphatic carbocycles. The zero-order valence-electron chi connectivity index (χ0n) is 16.5. The number of rotatable bonds is 6. The fourth-order valence-corrected chi connectivity index (χ4v) is 3.75. The summed E-state index contributed by atoms with van der Waals surface area (Å²) in [5.41, 5.74) is -0.515. The molecule has 5 nitrogen and oxygen atoms in total. The van der Waals surface area contributed by atoms with E-state index >= 15 is 0 Å². The van der Waals surface area contributed by atoms with Gasteiger partial charge in [-0.05, 0) is 43.5 Å². The summed E-state index contributed by atoms with van der Waals surface area (Å²) < 4.78 is 64.7. The van der Waals surface area contributed by atoms with Crippen LogP contribution in [0, 0.1) is 5.41 Å². The van der Waals surface area contributed by atoms with Crippen LogP contribution in [0.25, 0.3) is 0 Å². The van der Waals surface area contributed by atoms with Gasteiger partial charge in [0.1, 0.15) is 6.54 Å². The highest BCUT2D eigenvalue weighted by Crippen LogP contribution is 2.24. The minimum Gasteiger partial charge on any atom is -0.329 e. The zero-order valence-corrected chi connectivity index (χ0v) is 17.3. The van der Waals surface area contributed by atoms with E-state index in [-0.39, 0.29) is 23.0 Å². The normalized spacial score (nSPS) is 13.3. The average molecular weight is 408 g/mol. The van der Waals surface area contributed by atoms with Gasteiger partial charge in [0.25, 0.3) is 5.91 Å². The summed E-state index contributed by atoms with van der Waals surface area (Å²) >= 11 is 0. The van der Waals surface area contributed by atoms with Gasteiger partial charge >= 0.3 is 6.18 Å². The highest BCUT2D eigenvalue weighted by molar-refractivity contribution is 7.89. The van der Waals surface area contributed by atoms with Crippen LogP contribution >= 0.6 is 0 Å². The van der Waals surface area contributed by atoms with E-state index in [9.17, 15) is 26.4 Å². The molecule has 0 aliphatic rings. The number of carbonyl (C=O) groups is 1. The molecule has 0 saturated heterocycles. The van der Waals surface area contributed by atoms with Crippen LogP contribution in [-0.4, -0.2) is 55.9 Å². The highest BCUT2D eigenvalue weighted by atomic mass is 32.2. The molecular weight excluding hydrogens is 381 g/mol. The molecule has 0 spiro atoms. The third kappa shape index (κ3) is 6.80. The average Bonchev–Trinajstić information content (AvgIpc) is 2.50. The van der Waals surface area contributed by atoms with Gasteiger partial charge in [-0.3, -0.25) is 4.79 Å². The van der Waals surface area contributed by atoms with E-state index in [1.807, 2.05) is 0 Å². The molecule has 0 fully saturated rings. The molecule has 0 radical (unpaired) electrons. The number of carbonyl (C=O) groups excluding carboxylic acids is 1. The fraction of sp³-hybridized carbons (Fsp3) is 0.611. The van der Waals surface area contributed by atoms with Crippen molar-refractivity contribution in [1.82, 2.24) is 9.21 Å². The molecule has 0 bridgehead atoms. The Labute approximate surface area is 159 Å². The monoisotopic (exact) mass is 408 g/mol. The van der Waals surface area contributed by atoms with Gasteiger partial charge in [-0.25, -0.2) is 8.42 Å². The maximum absolute atomic E-state index is 12.9. The minimum atomic E-state index is -4.52. The smallest absolute Gasteiger partial charge is 0.329 e. The van der Waals surface area contributed by atoms with Crippen molar-refractivity contribution in [2.24, 2.45) is 5.41 Å². The minimum absolute atomic E-state index is 0.00894. The molecule has 1 amide bonds. The summed E-state index contributed by atoms with van der Waals surface area (Å²) in [6.45, 7) is 7.21. The third-order valence-corrected chi connectivity index (χ3v) is 5.88. The third-order valence-electron chi connectivity index (χ3n) is 3.83. The Bertz CT molecular complexity index is 736. The number of amides is 1. The lowest BCUT2D eigenvalue weighted by Crippen LogP contribution is -2.43. The second kappa shape index (κ2) is 8.18. The number of alkyl halides is 3. The molecule has 1 aromatic carbocycles. The summed E-state index contributed by atoms with van der Waals surface area (Å²) in [5.74, 6) is -0.789. The SMILES string of the molecule is CC(C)N(C)S(=O)(=O)c1ccc(C(=O)N(CC(C)(C)C)CC(F)(F)F)cc1. The fourth-order valence-electron chi connectivity index (χ4n) is 2.38. The van der Waals surface area contributed by atoms with E-state index in [2.05, 4.69) is 0 Å². The lowest BCUT2D eigenvalue weighted by molar-refractivity contribution is -0.142. The van der Waals surface area contributed by atoms with Crippen molar-refractivity contribution < 1.29 is 26.4 Å². The quantitative estimate of drug-likeness (QED) is 0.720. The molecule has 0 unspecified atom stereocenters. The van der Waals surface area contributed by atoms with Crippen LogP contribution in [0.2, 0.25) is 0 Å². The van der Waals surface area contributed by atoms with Crippen LogP contribution in [0.15, 0.2) is 29.2 Å². The van der Waals surface area contributed by atoms with Gasteiger partial charge < -0.3 is 4.90 Å². The lowest BCUT2D eigenvalue weighted by atomic mass is 9.95. The molecule has 0 aromatic heterocycles. The van der Waals surface area contributed by atoms with Crippen molar-refractivity contribution in [1.29, 1.82) is 0 Å². The molecule has 1 rings (SSSR count). The van der Waals surface area contributed by atoms with E-state index < -0.39 is 34.1 Å². The Morgan fingerprint density at radius 3 is 1.89 bits per heavy atom. The molecule has 1 aromatic rings. The maximum Gasteiger partial charge on any atom is 0.406 e. The van der Waals surface area contributed by atoms with E-state index in [0.29, 0.717) is 0 Å². The van der Waals surface area contributed by atoms with Crippen molar-refractivity contribution in [2.45, 2.75) is 51.7 Å². The molecule has 0 atom stereocenters. The van der Waals surface area contributed by atoms with Crippen molar-refractivity contribution in [3.63, 3.8) is 0 Å². The number of halogens is 3. The molecular formula is C18H27F3N2O3S. The summed E-state index contributed by atoms with van der Waals surface area (Å²) in [4.78, 5) is 13.3. The second-order valence-electron chi connectivity index (χ2n) is 7.98. The summed E-state index contributed by atoms with van der Waals surface area (Å²) in [6.07, 6.45) is -4.52. The van der Waals surface area contributed by atoms with Crippen molar-refractivity contribution in [3.05, 3.63) is 29.8 Å². The molecule has 0 N–H and O–H groups in total. The van der Waals surface area contributed by atoms with Crippen molar-refractivity contribution in [3.8, 4) is 0 Å². The first-order valence-electron chi connectivity index (χ1n) is 8.49. The topological polar surface area (TPSA) is 57.7 Å². The first kappa shape index (κ1) is 23.4. The van der Waals surface area contributed by atoms with Crippen LogP contribution in [-0.2, 0) is 10.0 Å². The zero-order chi connectivity index (χ0) is 21.2. The number of nitrogens with zero attached hydrogens (tertiary/aromatic N) is 2. The lowest BCUT2D eigenvalue weighted by Gasteiger charge is -2.30. The Morgan fingerprint density at radius 1 is 1.04 bits per heavy atom. The summed E-state index contributed by atoms with van der Waals surface area (Å²) in [5, 5.41) is 0. The Hall–Kier alpha value is -1.61. The van der Waals surface area contributed by atoms with E-state index in [1.54, 1.807) is 34.6 Å². The Balaban J connectivity index is 3.15. The number of benzene rings is 1. The van der Waals surface area contributed by atoms with Crippen molar-refractivity contribution >= 4 is 15.9 Å². The number of hydrogen-bond acceptors (Lipinski definition) is 3. The largest absolute Gasteiger partial charge is 0.406 e. The molecule has 9 heteroatoms. The Morgan fingerprint density at radius 2 is 1.52 bits per heavy atom. The second-order valence-corrected chi connectivity index (χ2v) is 9.97. The van der Waals surface area contributed by atoms with Crippen LogP contribution in [0.5, 0.6) is 0 Å². The van der Waals surface area contributed by atoms with Gasteiger partial charge in [-0.2, -0.15) is 17.5 Å². The molecule has 154 valence electrons. The first-order valence-corrected chi connectivity index (χ1v) is 9.93. The molecule has 27 heavy (non-hydrogen) atoms.